The number of esters is 3. The molecule has 12 heteroatoms. The van der Waals surface area contributed by atoms with Crippen LogP contribution < -0.4 is 0 Å². The number of hydrogen-bond acceptors (Lipinski definition) is 12. The van der Waals surface area contributed by atoms with Crippen molar-refractivity contribution >= 4 is 29.5 Å². The van der Waals surface area contributed by atoms with Crippen LogP contribution in [0.5, 0.6) is 0 Å². The number of fused-ring (bicyclic) bond motifs is 23. The van der Waals surface area contributed by atoms with Crippen molar-refractivity contribution in [3.63, 3.8) is 0 Å². The average Bonchev–Trinajstić information content (AvgIpc) is 0.754. The van der Waals surface area contributed by atoms with Crippen LogP contribution in [0.2, 0.25) is 0 Å². The topological polar surface area (TPSA) is 165 Å². The van der Waals surface area contributed by atoms with Gasteiger partial charge in [0, 0.05) is 47.6 Å². The zero-order valence-electron chi connectivity index (χ0n) is 68.6. The largest absolute Gasteiger partial charge is 0.469 e. The fourth-order valence-electron chi connectivity index (χ4n) is 32.0. The molecule has 2 aromatic rings. The molecule has 574 valence electrons. The Kier molecular flexibility index (Phi) is 17.6. The average molecular weight is 1430 g/mol. The van der Waals surface area contributed by atoms with Crippen LogP contribution in [-0.2, 0) is 51.0 Å². The molecule has 11 saturated carbocycles. The summed E-state index contributed by atoms with van der Waals surface area (Å²) in [7, 11) is 4.72. The lowest BCUT2D eigenvalue weighted by Crippen LogP contribution is -2.68. The van der Waals surface area contributed by atoms with Gasteiger partial charge >= 0.3 is 17.9 Å². The van der Waals surface area contributed by atoms with Crippen molar-refractivity contribution in [2.45, 2.75) is 316 Å². The third kappa shape index (κ3) is 10.0. The highest BCUT2D eigenvalue weighted by Gasteiger charge is 2.75. The van der Waals surface area contributed by atoms with Crippen molar-refractivity contribution in [2.75, 3.05) is 21.3 Å². The quantitative estimate of drug-likeness (QED) is 0.162. The Bertz CT molecular complexity index is 3860. The van der Waals surface area contributed by atoms with Gasteiger partial charge in [0.2, 0.25) is 0 Å². The molecule has 0 aromatic carbocycles. The molecule has 0 spiro atoms. The SMILES string of the molecule is COC(=O)[C@]12CCC(C)(C)C[C@H]1C1=CC[C@@H]3[C@@]4(C)CCC(=O)[C@@H](C)[C@@H]4CC[C@@]3(C)[C@]1(C)CC2.COC(=O)[C@]12CCC(C)(C)C[C@H]1C1=CC[C@@H]3[C@@]4(C)Cc5cnoc5[C@@H](C)[C@@H]4CC[C@@]3(C)[C@]1(C)CC2.COC(=O)[C@]12CCC(C)(C)C[C@H]1[C@H]1C(=O)C[C@@H]3[C@@]4(C)Cc5cnoc5[C@@H](C)[C@@H]4CC[C@@]3(C)[C@]1(C)CC2. The van der Waals surface area contributed by atoms with E-state index >= 15 is 0 Å². The van der Waals surface area contributed by atoms with E-state index in [1.54, 1.807) is 25.4 Å². The van der Waals surface area contributed by atoms with Crippen LogP contribution in [0.1, 0.15) is 326 Å². The summed E-state index contributed by atoms with van der Waals surface area (Å²) in [6.45, 7) is 44.0. The summed E-state index contributed by atoms with van der Waals surface area (Å²) in [5.41, 5.74) is 6.55. The first-order chi connectivity index (χ1) is 48.6. The molecule has 15 aliphatic rings. The number of ketones is 2. The fourth-order valence-corrected chi connectivity index (χ4v) is 32.0. The molecule has 0 N–H and O–H groups in total. The number of allylic oxidation sites excluding steroid dienone is 4. The van der Waals surface area contributed by atoms with Crippen molar-refractivity contribution in [1.29, 1.82) is 0 Å². The van der Waals surface area contributed by atoms with Crippen LogP contribution in [0, 0.1) is 146 Å². The number of carbonyl (C=O) groups excluding carboxylic acids is 5. The van der Waals surface area contributed by atoms with E-state index in [-0.39, 0.29) is 111 Å². The predicted octanol–water partition coefficient (Wildman–Crippen LogP) is 21.4. The van der Waals surface area contributed by atoms with Gasteiger partial charge in [0.1, 0.15) is 23.1 Å². The van der Waals surface area contributed by atoms with Crippen molar-refractivity contribution in [2.24, 2.45) is 146 Å². The summed E-state index contributed by atoms with van der Waals surface area (Å²) in [5, 5.41) is 8.37. The molecule has 0 aliphatic heterocycles. The molecular formula is C92H136N2O10. The second kappa shape index (κ2) is 24.3. The lowest BCUT2D eigenvalue weighted by atomic mass is 9.32. The van der Waals surface area contributed by atoms with E-state index in [4.69, 9.17) is 23.3 Å². The smallest absolute Gasteiger partial charge is 0.312 e. The molecule has 0 unspecified atom stereocenters. The summed E-state index contributed by atoms with van der Waals surface area (Å²) in [4.78, 5) is 67.2. The maximum absolute atomic E-state index is 14.5. The zero-order valence-corrected chi connectivity index (χ0v) is 68.6. The standard InChI is InChI=1S/C31H45NO4.C31H45NO3.C30H46O3/c1-18-20-8-9-29(5)23(28(20,4)15-19-17-32-36-25(18)19)14-22(33)24-21-16-27(2,3)10-12-31(21,26(34)35-7)13-11-30(24,29)6;1-19-21-10-11-30(6)24(28(21,4)16-20-18-32-35-25(19)20)9-8-22-23-17-27(2,3)12-14-31(23,26(33)34-7)15-13-29(22,30)5;1-19-20-10-13-29(6)24(27(20,4)12-11-23(19)31)9-8-21-22-18-26(2,3)14-16-30(22,25(32)33-7)17-15-28(21,29)5/h17-18,20-21,23-24H,8-16H2,1-7H3;8,18-19,21,23-24H,9-17H2,1-7H3;8,19-20,22,24H,9-18H2,1-7H3/t18-,20-,21-,23+,24-,28-,29+,30+,31-;19-,21-,23-,24+,28-,29+,30+,31-;19-,20-,22-,24+,27-,28+,29+,30-/m000/s1. The Labute approximate surface area is 625 Å². The molecule has 2 heterocycles. The van der Waals surface area contributed by atoms with E-state index in [0.717, 1.165) is 153 Å². The van der Waals surface area contributed by atoms with Crippen LogP contribution in [0.4, 0.5) is 0 Å². The number of methoxy groups -OCH3 is 3. The number of ether oxygens (including phenoxy) is 3. The molecule has 104 heavy (non-hydrogen) atoms. The molecular weight excluding hydrogens is 1290 g/mol. The zero-order chi connectivity index (χ0) is 74.9. The van der Waals surface area contributed by atoms with Crippen LogP contribution in [0.3, 0.4) is 0 Å². The Balaban J connectivity index is 0.000000126. The normalized spacial score (nSPS) is 49.2. The summed E-state index contributed by atoms with van der Waals surface area (Å²) in [6.07, 6.45) is 38.2. The molecule has 2 aromatic heterocycles. The van der Waals surface area contributed by atoms with Gasteiger partial charge in [-0.2, -0.15) is 0 Å². The molecule has 15 aliphatic carbocycles. The van der Waals surface area contributed by atoms with Gasteiger partial charge in [-0.1, -0.05) is 158 Å². The second-order valence-electron chi connectivity index (χ2n) is 43.8. The van der Waals surface area contributed by atoms with Crippen LogP contribution in [0.25, 0.3) is 0 Å². The third-order valence-electron chi connectivity index (χ3n) is 38.6. The molecule has 0 amide bonds. The van der Waals surface area contributed by atoms with E-state index in [1.165, 1.54) is 50.3 Å². The first kappa shape index (κ1) is 75.1. The second-order valence-corrected chi connectivity index (χ2v) is 43.8. The van der Waals surface area contributed by atoms with Crippen molar-refractivity contribution < 1.29 is 47.2 Å². The van der Waals surface area contributed by atoms with Gasteiger partial charge in [-0.05, 0) is 285 Å². The van der Waals surface area contributed by atoms with Crippen LogP contribution in [0.15, 0.2) is 44.7 Å². The number of hydrogen-bond donors (Lipinski definition) is 0. The van der Waals surface area contributed by atoms with Gasteiger partial charge < -0.3 is 23.3 Å². The van der Waals surface area contributed by atoms with Crippen LogP contribution in [-0.4, -0.2) is 61.1 Å². The number of rotatable bonds is 3. The number of carbonyl (C=O) groups is 5. The van der Waals surface area contributed by atoms with Gasteiger partial charge in [0.15, 0.2) is 0 Å². The fraction of sp³-hybridized carbons (Fsp3) is 0.837. The molecule has 12 nitrogen and oxygen atoms in total. The van der Waals surface area contributed by atoms with Crippen molar-refractivity contribution in [3.8, 4) is 0 Å². The summed E-state index contributed by atoms with van der Waals surface area (Å²) >= 11 is 0. The number of aromatic nitrogens is 2. The first-order valence-corrected chi connectivity index (χ1v) is 42.2. The van der Waals surface area contributed by atoms with Crippen molar-refractivity contribution in [3.05, 3.63) is 58.3 Å². The number of nitrogens with zero attached hydrogens (tertiary/aromatic N) is 2. The molecule has 0 saturated heterocycles. The predicted molar refractivity (Wildman–Crippen MR) is 405 cm³/mol. The Morgan fingerprint density at radius 1 is 0.413 bits per heavy atom. The Morgan fingerprint density at radius 3 is 1.28 bits per heavy atom. The van der Waals surface area contributed by atoms with E-state index in [2.05, 4.69) is 147 Å². The van der Waals surface area contributed by atoms with Gasteiger partial charge in [-0.15, -0.1) is 0 Å². The maximum Gasteiger partial charge on any atom is 0.312 e. The third-order valence-corrected chi connectivity index (χ3v) is 38.6. The molecule has 0 radical (unpaired) electrons. The van der Waals surface area contributed by atoms with Gasteiger partial charge in [0.05, 0.1) is 50.0 Å². The van der Waals surface area contributed by atoms with Gasteiger partial charge in [-0.3, -0.25) is 24.0 Å². The monoisotopic (exact) mass is 1430 g/mol. The minimum atomic E-state index is -0.495. The van der Waals surface area contributed by atoms with E-state index < -0.39 is 5.41 Å². The van der Waals surface area contributed by atoms with Crippen LogP contribution >= 0.6 is 0 Å². The maximum atomic E-state index is 14.5. The molecule has 0 bridgehead atoms. The van der Waals surface area contributed by atoms with Gasteiger partial charge in [0.25, 0.3) is 0 Å². The van der Waals surface area contributed by atoms with Crippen molar-refractivity contribution in [1.82, 2.24) is 10.3 Å². The summed E-state index contributed by atoms with van der Waals surface area (Å²) in [6, 6.07) is 0. The number of Topliss-reactive ketones (excluding diaryl/α,β-unsaturated/α-hetero) is 2. The Hall–Kier alpha value is -4.35. The highest BCUT2D eigenvalue weighted by molar-refractivity contribution is 5.87. The first-order valence-electron chi connectivity index (χ1n) is 42.2. The summed E-state index contributed by atoms with van der Waals surface area (Å²) in [5.74, 6) is 8.04. The highest BCUT2D eigenvalue weighted by Crippen LogP contribution is 2.80. The lowest BCUT2D eigenvalue weighted by Gasteiger charge is -2.71. The lowest BCUT2D eigenvalue weighted by molar-refractivity contribution is -0.228. The molecule has 25 atom stereocenters. The minimum absolute atomic E-state index is 0.0357. The van der Waals surface area contributed by atoms with Gasteiger partial charge in [-0.25, -0.2) is 0 Å². The summed E-state index contributed by atoms with van der Waals surface area (Å²) < 4.78 is 27.9. The Morgan fingerprint density at radius 2 is 0.808 bits per heavy atom. The molecule has 17 rings (SSSR count). The minimum Gasteiger partial charge on any atom is -0.469 e. The van der Waals surface area contributed by atoms with E-state index in [1.807, 2.05) is 12.4 Å². The van der Waals surface area contributed by atoms with E-state index in [9.17, 15) is 24.0 Å². The highest BCUT2D eigenvalue weighted by atomic mass is 16.5. The molecule has 11 fully saturated rings. The van der Waals surface area contributed by atoms with E-state index in [0.29, 0.717) is 77.2 Å².